The summed E-state index contributed by atoms with van der Waals surface area (Å²) in [6, 6.07) is 1.38. The Morgan fingerprint density at radius 1 is 1.15 bits per heavy atom. The Morgan fingerprint density at radius 2 is 1.95 bits per heavy atom. The third kappa shape index (κ3) is 3.48. The summed E-state index contributed by atoms with van der Waals surface area (Å²) in [4.78, 5) is 11.7. The minimum atomic E-state index is 0.662. The number of hydrogen-bond acceptors (Lipinski definition) is 4. The Balaban J connectivity index is 1.67. The number of hydrogen-bond donors (Lipinski definition) is 1. The maximum Gasteiger partial charge on any atom is 0.147 e. The number of nitrogens with zero attached hydrogens (tertiary/aromatic N) is 3. The lowest BCUT2D eigenvalue weighted by Crippen LogP contribution is -2.37. The van der Waals surface area contributed by atoms with Crippen molar-refractivity contribution in [3.63, 3.8) is 0 Å². The summed E-state index contributed by atoms with van der Waals surface area (Å²) in [6.45, 7) is 4.11. The van der Waals surface area contributed by atoms with E-state index in [1.807, 2.05) is 12.4 Å². The maximum atomic E-state index is 4.82. The Bertz CT molecular complexity index is 424. The molecule has 110 valence electrons. The van der Waals surface area contributed by atoms with Gasteiger partial charge in [-0.3, -0.25) is 4.98 Å². The fourth-order valence-corrected chi connectivity index (χ4v) is 3.15. The number of rotatable bonds is 6. The molecule has 0 radical (unpaired) electrons. The van der Waals surface area contributed by atoms with Crippen LogP contribution in [0.15, 0.2) is 12.4 Å². The fraction of sp³-hybridized carbons (Fsp3) is 0.750. The van der Waals surface area contributed by atoms with E-state index in [1.165, 1.54) is 44.9 Å². The number of aromatic nitrogens is 2. The van der Waals surface area contributed by atoms with E-state index in [0.29, 0.717) is 6.04 Å². The van der Waals surface area contributed by atoms with Crippen LogP contribution < -0.4 is 10.2 Å². The second-order valence-corrected chi connectivity index (χ2v) is 6.10. The van der Waals surface area contributed by atoms with Gasteiger partial charge in [0.15, 0.2) is 0 Å². The van der Waals surface area contributed by atoms with Crippen LogP contribution in [0.1, 0.15) is 57.6 Å². The number of nitrogens with one attached hydrogen (secondary N) is 1. The highest BCUT2D eigenvalue weighted by Gasteiger charge is 2.22. The van der Waals surface area contributed by atoms with Crippen molar-refractivity contribution in [2.45, 2.75) is 70.5 Å². The largest absolute Gasteiger partial charge is 0.353 e. The minimum absolute atomic E-state index is 0.662. The monoisotopic (exact) mass is 274 g/mol. The van der Waals surface area contributed by atoms with Gasteiger partial charge in [-0.25, -0.2) is 4.98 Å². The van der Waals surface area contributed by atoms with E-state index in [0.717, 1.165) is 30.6 Å². The maximum absolute atomic E-state index is 4.82. The first-order valence-corrected chi connectivity index (χ1v) is 8.17. The van der Waals surface area contributed by atoms with Gasteiger partial charge in [-0.1, -0.05) is 19.3 Å². The lowest BCUT2D eigenvalue weighted by molar-refractivity contribution is 0.416. The molecule has 0 aliphatic heterocycles. The van der Waals surface area contributed by atoms with E-state index in [4.69, 9.17) is 4.98 Å². The van der Waals surface area contributed by atoms with Crippen LogP contribution >= 0.6 is 0 Å². The molecular formula is C16H26N4. The third-order valence-electron chi connectivity index (χ3n) is 4.47. The van der Waals surface area contributed by atoms with Gasteiger partial charge < -0.3 is 10.2 Å². The SMILES string of the molecule is CCN(c1cncc(CNC2CC2)n1)C1CCCCC1. The highest BCUT2D eigenvalue weighted by Crippen LogP contribution is 2.26. The fourth-order valence-electron chi connectivity index (χ4n) is 3.15. The van der Waals surface area contributed by atoms with Crippen LogP contribution in [-0.2, 0) is 6.54 Å². The van der Waals surface area contributed by atoms with Crippen LogP contribution in [0.25, 0.3) is 0 Å². The van der Waals surface area contributed by atoms with Crippen molar-refractivity contribution >= 4 is 5.82 Å². The molecule has 0 amide bonds. The van der Waals surface area contributed by atoms with Gasteiger partial charge in [0.25, 0.3) is 0 Å². The highest BCUT2D eigenvalue weighted by molar-refractivity contribution is 5.37. The van der Waals surface area contributed by atoms with Crippen molar-refractivity contribution in [1.82, 2.24) is 15.3 Å². The molecule has 1 aromatic rings. The van der Waals surface area contributed by atoms with Gasteiger partial charge in [-0.2, -0.15) is 0 Å². The average Bonchev–Trinajstić information content (AvgIpc) is 3.32. The molecule has 4 heteroatoms. The van der Waals surface area contributed by atoms with Gasteiger partial charge in [-0.05, 0) is 32.6 Å². The minimum Gasteiger partial charge on any atom is -0.353 e. The molecule has 1 N–H and O–H groups in total. The van der Waals surface area contributed by atoms with E-state index < -0.39 is 0 Å². The molecule has 2 aliphatic rings. The Hall–Kier alpha value is -1.16. The first kappa shape index (κ1) is 13.8. The molecule has 2 saturated carbocycles. The molecule has 2 aliphatic carbocycles. The molecule has 0 aromatic carbocycles. The molecule has 2 fully saturated rings. The summed E-state index contributed by atoms with van der Waals surface area (Å²) in [5.41, 5.74) is 1.07. The molecule has 0 spiro atoms. The summed E-state index contributed by atoms with van der Waals surface area (Å²) in [7, 11) is 0. The Morgan fingerprint density at radius 3 is 2.65 bits per heavy atom. The van der Waals surface area contributed by atoms with E-state index in [-0.39, 0.29) is 0 Å². The lowest BCUT2D eigenvalue weighted by Gasteiger charge is -2.34. The average molecular weight is 274 g/mol. The van der Waals surface area contributed by atoms with Crippen LogP contribution in [0.3, 0.4) is 0 Å². The zero-order valence-corrected chi connectivity index (χ0v) is 12.5. The summed E-state index contributed by atoms with van der Waals surface area (Å²) < 4.78 is 0. The van der Waals surface area contributed by atoms with E-state index in [1.54, 1.807) is 0 Å². The van der Waals surface area contributed by atoms with Crippen LogP contribution in [0.5, 0.6) is 0 Å². The smallest absolute Gasteiger partial charge is 0.147 e. The van der Waals surface area contributed by atoms with Gasteiger partial charge in [0.05, 0.1) is 11.9 Å². The van der Waals surface area contributed by atoms with Crippen molar-refractivity contribution in [1.29, 1.82) is 0 Å². The van der Waals surface area contributed by atoms with Crippen molar-refractivity contribution in [2.75, 3.05) is 11.4 Å². The molecule has 3 rings (SSSR count). The molecule has 0 unspecified atom stereocenters. The van der Waals surface area contributed by atoms with E-state index in [9.17, 15) is 0 Å². The van der Waals surface area contributed by atoms with Crippen LogP contribution in [0.4, 0.5) is 5.82 Å². The van der Waals surface area contributed by atoms with E-state index >= 15 is 0 Å². The van der Waals surface area contributed by atoms with Gasteiger partial charge in [0, 0.05) is 31.4 Å². The predicted molar refractivity (Wildman–Crippen MR) is 81.8 cm³/mol. The standard InChI is InChI=1S/C16H26N4/c1-2-20(15-6-4-3-5-7-15)16-12-17-10-14(19-16)11-18-13-8-9-13/h10,12-13,15,18H,2-9,11H2,1H3. The predicted octanol–water partition coefficient (Wildman–Crippen LogP) is 2.89. The van der Waals surface area contributed by atoms with Crippen LogP contribution in [0.2, 0.25) is 0 Å². The van der Waals surface area contributed by atoms with Gasteiger partial charge in [0.1, 0.15) is 5.82 Å². The summed E-state index contributed by atoms with van der Waals surface area (Å²) >= 11 is 0. The highest BCUT2D eigenvalue weighted by atomic mass is 15.2. The molecule has 1 heterocycles. The molecule has 1 aromatic heterocycles. The summed E-state index contributed by atoms with van der Waals surface area (Å²) in [6.07, 6.45) is 13.2. The molecular weight excluding hydrogens is 248 g/mol. The van der Waals surface area contributed by atoms with Gasteiger partial charge in [-0.15, -0.1) is 0 Å². The summed E-state index contributed by atoms with van der Waals surface area (Å²) in [5.74, 6) is 1.06. The molecule has 0 bridgehead atoms. The van der Waals surface area contributed by atoms with Gasteiger partial charge >= 0.3 is 0 Å². The second kappa shape index (κ2) is 6.53. The third-order valence-corrected chi connectivity index (χ3v) is 4.47. The molecule has 20 heavy (non-hydrogen) atoms. The first-order chi connectivity index (χ1) is 9.86. The van der Waals surface area contributed by atoms with Crippen LogP contribution in [0, 0.1) is 0 Å². The molecule has 0 atom stereocenters. The quantitative estimate of drug-likeness (QED) is 0.866. The Kier molecular flexibility index (Phi) is 4.51. The number of anilines is 1. The topological polar surface area (TPSA) is 41.1 Å². The van der Waals surface area contributed by atoms with Crippen molar-refractivity contribution in [2.24, 2.45) is 0 Å². The van der Waals surface area contributed by atoms with E-state index in [2.05, 4.69) is 22.1 Å². The van der Waals surface area contributed by atoms with Crippen molar-refractivity contribution < 1.29 is 0 Å². The van der Waals surface area contributed by atoms with Crippen molar-refractivity contribution in [3.8, 4) is 0 Å². The van der Waals surface area contributed by atoms with Gasteiger partial charge in [0.2, 0.25) is 0 Å². The summed E-state index contributed by atoms with van der Waals surface area (Å²) in [5, 5.41) is 3.52. The normalized spacial score (nSPS) is 20.1. The van der Waals surface area contributed by atoms with Crippen molar-refractivity contribution in [3.05, 3.63) is 18.1 Å². The molecule has 4 nitrogen and oxygen atoms in total. The second-order valence-electron chi connectivity index (χ2n) is 6.10. The van der Waals surface area contributed by atoms with Crippen LogP contribution in [-0.4, -0.2) is 28.6 Å². The zero-order chi connectivity index (χ0) is 13.8. The Labute approximate surface area is 122 Å². The zero-order valence-electron chi connectivity index (χ0n) is 12.5. The lowest BCUT2D eigenvalue weighted by atomic mass is 9.94. The first-order valence-electron chi connectivity index (χ1n) is 8.17. The molecule has 0 saturated heterocycles.